The molecule has 32 heavy (non-hydrogen) atoms. The van der Waals surface area contributed by atoms with Gasteiger partial charge in [0, 0.05) is 50.8 Å². The second-order valence-corrected chi connectivity index (χ2v) is 9.45. The van der Waals surface area contributed by atoms with Crippen LogP contribution in [0.1, 0.15) is 19.8 Å². The number of carbonyl (C=O) groups is 1. The van der Waals surface area contributed by atoms with Gasteiger partial charge < -0.3 is 20.3 Å². The fourth-order valence-electron chi connectivity index (χ4n) is 3.19. The highest BCUT2D eigenvalue weighted by Crippen LogP contribution is 2.16. The number of unbranched alkanes of at least 4 members (excludes halogenated alkanes) is 1. The van der Waals surface area contributed by atoms with Gasteiger partial charge in [-0.15, -0.1) is 0 Å². The molecule has 1 aliphatic heterocycles. The predicted octanol–water partition coefficient (Wildman–Crippen LogP) is 1.93. The Morgan fingerprint density at radius 3 is 2.44 bits per heavy atom. The zero-order valence-corrected chi connectivity index (χ0v) is 19.1. The molecule has 0 saturated carbocycles. The lowest BCUT2D eigenvalue weighted by atomic mass is 10.3. The molecule has 2 N–H and O–H groups in total. The summed E-state index contributed by atoms with van der Waals surface area (Å²) in [4.78, 5) is 22.4. The number of hydrogen-bond donors (Lipinski definition) is 2. The standard InChI is InChI=1S/C21H30N6O4S/c1-2-3-16-31-19-7-5-18(6-8-19)25-21(28)24-11-17-32(29,30)27-14-12-26(13-15-27)20-22-9-4-10-23-20/h4-10H,2-3,11-17H2,1H3,(H2,24,25,28). The van der Waals surface area contributed by atoms with Crippen molar-refractivity contribution in [1.29, 1.82) is 0 Å². The van der Waals surface area contributed by atoms with E-state index < -0.39 is 16.1 Å². The molecule has 174 valence electrons. The number of ether oxygens (including phenoxy) is 1. The smallest absolute Gasteiger partial charge is 0.319 e. The number of nitrogens with one attached hydrogen (secondary N) is 2. The first-order valence-corrected chi connectivity index (χ1v) is 12.4. The molecule has 1 fully saturated rings. The Bertz CT molecular complexity index is 948. The molecule has 1 aromatic carbocycles. The molecule has 3 rings (SSSR count). The summed E-state index contributed by atoms with van der Waals surface area (Å²) in [5, 5.41) is 5.29. The van der Waals surface area contributed by atoms with Gasteiger partial charge in [0.1, 0.15) is 5.75 Å². The van der Waals surface area contributed by atoms with E-state index >= 15 is 0 Å². The van der Waals surface area contributed by atoms with Gasteiger partial charge in [0.2, 0.25) is 16.0 Å². The average Bonchev–Trinajstić information content (AvgIpc) is 2.81. The van der Waals surface area contributed by atoms with E-state index in [-0.39, 0.29) is 12.3 Å². The summed E-state index contributed by atoms with van der Waals surface area (Å²) in [5.74, 6) is 1.18. The molecule has 1 aliphatic rings. The summed E-state index contributed by atoms with van der Waals surface area (Å²) in [6.07, 6.45) is 5.38. The van der Waals surface area contributed by atoms with Gasteiger partial charge in [0.25, 0.3) is 0 Å². The molecule has 1 saturated heterocycles. The minimum Gasteiger partial charge on any atom is -0.494 e. The van der Waals surface area contributed by atoms with Crippen LogP contribution in [0.4, 0.5) is 16.4 Å². The first-order chi connectivity index (χ1) is 15.5. The number of aromatic nitrogens is 2. The molecule has 2 amide bonds. The summed E-state index contributed by atoms with van der Waals surface area (Å²) >= 11 is 0. The lowest BCUT2D eigenvalue weighted by Crippen LogP contribution is -2.50. The van der Waals surface area contributed by atoms with Gasteiger partial charge in [-0.25, -0.2) is 23.2 Å². The largest absolute Gasteiger partial charge is 0.494 e. The van der Waals surface area contributed by atoms with E-state index in [0.717, 1.165) is 18.6 Å². The normalized spacial score (nSPS) is 14.7. The molecule has 0 unspecified atom stereocenters. The Morgan fingerprint density at radius 2 is 1.78 bits per heavy atom. The molecule has 0 spiro atoms. The quantitative estimate of drug-likeness (QED) is 0.518. The summed E-state index contributed by atoms with van der Waals surface area (Å²) in [6.45, 7) is 4.55. The van der Waals surface area contributed by atoms with Crippen LogP contribution in [0, 0.1) is 0 Å². The molecular formula is C21H30N6O4S. The third-order valence-electron chi connectivity index (χ3n) is 4.99. The Kier molecular flexibility index (Phi) is 8.63. The number of sulfonamides is 1. The van der Waals surface area contributed by atoms with Crippen molar-refractivity contribution < 1.29 is 17.9 Å². The van der Waals surface area contributed by atoms with Crippen LogP contribution in [0.3, 0.4) is 0 Å². The summed E-state index contributed by atoms with van der Waals surface area (Å²) < 4.78 is 32.2. The minimum atomic E-state index is -3.47. The van der Waals surface area contributed by atoms with Crippen molar-refractivity contribution in [2.45, 2.75) is 19.8 Å². The molecule has 2 aromatic rings. The van der Waals surface area contributed by atoms with Crippen LogP contribution in [0.5, 0.6) is 5.75 Å². The SMILES string of the molecule is CCCCOc1ccc(NC(=O)NCCS(=O)(=O)N2CCN(c3ncccn3)CC2)cc1. The highest BCUT2D eigenvalue weighted by Gasteiger charge is 2.27. The second-order valence-electron chi connectivity index (χ2n) is 7.36. The number of benzene rings is 1. The highest BCUT2D eigenvalue weighted by atomic mass is 32.2. The molecular weight excluding hydrogens is 432 g/mol. The van der Waals surface area contributed by atoms with E-state index in [4.69, 9.17) is 4.74 Å². The average molecular weight is 463 g/mol. The monoisotopic (exact) mass is 462 g/mol. The number of amides is 2. The van der Waals surface area contributed by atoms with Crippen LogP contribution < -0.4 is 20.3 Å². The highest BCUT2D eigenvalue weighted by molar-refractivity contribution is 7.89. The van der Waals surface area contributed by atoms with E-state index in [2.05, 4.69) is 27.5 Å². The summed E-state index contributed by atoms with van der Waals surface area (Å²) in [7, 11) is -3.47. The maximum Gasteiger partial charge on any atom is 0.319 e. The van der Waals surface area contributed by atoms with Crippen LogP contribution in [0.2, 0.25) is 0 Å². The van der Waals surface area contributed by atoms with Gasteiger partial charge in [0.15, 0.2) is 0 Å². The third kappa shape index (κ3) is 7.06. The lowest BCUT2D eigenvalue weighted by Gasteiger charge is -2.33. The molecule has 0 atom stereocenters. The number of rotatable bonds is 10. The van der Waals surface area contributed by atoms with Gasteiger partial charge >= 0.3 is 6.03 Å². The number of piperazine rings is 1. The van der Waals surface area contributed by atoms with E-state index in [1.165, 1.54) is 4.31 Å². The van der Waals surface area contributed by atoms with Crippen LogP contribution in [-0.2, 0) is 10.0 Å². The van der Waals surface area contributed by atoms with Gasteiger partial charge in [-0.3, -0.25) is 0 Å². The number of carbonyl (C=O) groups excluding carboxylic acids is 1. The van der Waals surface area contributed by atoms with Gasteiger partial charge in [0.05, 0.1) is 12.4 Å². The molecule has 0 radical (unpaired) electrons. The van der Waals surface area contributed by atoms with Gasteiger partial charge in [-0.05, 0) is 36.8 Å². The summed E-state index contributed by atoms with van der Waals surface area (Å²) in [5.41, 5.74) is 0.604. The Morgan fingerprint density at radius 1 is 1.09 bits per heavy atom. The minimum absolute atomic E-state index is 0.0222. The van der Waals surface area contributed by atoms with Gasteiger partial charge in [-0.2, -0.15) is 4.31 Å². The van der Waals surface area contributed by atoms with Crippen molar-refractivity contribution >= 4 is 27.7 Å². The Hall–Kier alpha value is -2.92. The summed E-state index contributed by atoms with van der Waals surface area (Å²) in [6, 6.07) is 8.35. The Balaban J connectivity index is 1.38. The van der Waals surface area contributed by atoms with Crippen LogP contribution in [0.15, 0.2) is 42.7 Å². The fraction of sp³-hybridized carbons (Fsp3) is 0.476. The number of nitrogens with zero attached hydrogens (tertiary/aromatic N) is 4. The molecule has 11 heteroatoms. The van der Waals surface area contributed by atoms with Crippen LogP contribution >= 0.6 is 0 Å². The topological polar surface area (TPSA) is 117 Å². The maximum atomic E-state index is 12.6. The van der Waals surface area contributed by atoms with Crippen molar-refractivity contribution in [3.05, 3.63) is 42.7 Å². The number of anilines is 2. The predicted molar refractivity (Wildman–Crippen MR) is 123 cm³/mol. The lowest BCUT2D eigenvalue weighted by molar-refractivity contribution is 0.252. The van der Waals surface area contributed by atoms with Crippen molar-refractivity contribution in [2.24, 2.45) is 0 Å². The fourth-order valence-corrected chi connectivity index (χ4v) is 4.53. The van der Waals surface area contributed by atoms with Crippen LogP contribution in [0.25, 0.3) is 0 Å². The van der Waals surface area contributed by atoms with Crippen molar-refractivity contribution in [3.63, 3.8) is 0 Å². The van der Waals surface area contributed by atoms with Crippen LogP contribution in [-0.4, -0.2) is 73.8 Å². The van der Waals surface area contributed by atoms with Crippen molar-refractivity contribution in [1.82, 2.24) is 19.6 Å². The molecule has 10 nitrogen and oxygen atoms in total. The molecule has 2 heterocycles. The van der Waals surface area contributed by atoms with Crippen molar-refractivity contribution in [3.8, 4) is 5.75 Å². The number of urea groups is 1. The number of hydrogen-bond acceptors (Lipinski definition) is 7. The molecule has 0 bridgehead atoms. The first kappa shape index (κ1) is 23.7. The third-order valence-corrected chi connectivity index (χ3v) is 6.86. The second kappa shape index (κ2) is 11.6. The molecule has 0 aliphatic carbocycles. The van der Waals surface area contributed by atoms with E-state index in [0.29, 0.717) is 44.4 Å². The van der Waals surface area contributed by atoms with E-state index in [9.17, 15) is 13.2 Å². The zero-order valence-electron chi connectivity index (χ0n) is 18.2. The van der Waals surface area contributed by atoms with E-state index in [1.54, 1.807) is 42.7 Å². The van der Waals surface area contributed by atoms with Gasteiger partial charge in [-0.1, -0.05) is 13.3 Å². The van der Waals surface area contributed by atoms with Crippen molar-refractivity contribution in [2.75, 3.05) is 55.3 Å². The first-order valence-electron chi connectivity index (χ1n) is 10.8. The molecule has 1 aromatic heterocycles. The zero-order chi connectivity index (χ0) is 22.8. The van der Waals surface area contributed by atoms with E-state index in [1.807, 2.05) is 4.90 Å². The Labute approximate surface area is 189 Å². The maximum absolute atomic E-state index is 12.6.